The molecule has 6 nitrogen and oxygen atoms in total. The van der Waals surface area contributed by atoms with E-state index in [0.29, 0.717) is 0 Å². The number of nitro groups is 1. The first-order chi connectivity index (χ1) is 13.0. The average Bonchev–Trinajstić information content (AvgIpc) is 2.70. The Kier molecular flexibility index (Phi) is 5.61. The summed E-state index contributed by atoms with van der Waals surface area (Å²) in [5, 5.41) is 16.0. The van der Waals surface area contributed by atoms with Gasteiger partial charge in [0.25, 0.3) is 11.6 Å². The van der Waals surface area contributed by atoms with Gasteiger partial charge in [0.05, 0.1) is 12.0 Å². The second-order valence-electron chi connectivity index (χ2n) is 5.87. The molecule has 0 fully saturated rings. The van der Waals surface area contributed by atoms with Crippen LogP contribution < -0.4 is 10.1 Å². The zero-order valence-electron chi connectivity index (χ0n) is 14.9. The molecule has 0 aliphatic rings. The van der Waals surface area contributed by atoms with Crippen LogP contribution in [-0.4, -0.2) is 24.2 Å². The zero-order chi connectivity index (χ0) is 19.4. The second-order valence-corrected chi connectivity index (χ2v) is 6.75. The first-order valence-corrected chi connectivity index (χ1v) is 9.41. The third-order valence-corrected chi connectivity index (χ3v) is 4.94. The number of benzene rings is 3. The maximum Gasteiger partial charge on any atom is 0.282 e. The van der Waals surface area contributed by atoms with Crippen molar-refractivity contribution in [2.45, 2.75) is 11.4 Å². The highest BCUT2D eigenvalue weighted by Gasteiger charge is 2.20. The Morgan fingerprint density at radius 3 is 2.56 bits per heavy atom. The Morgan fingerprint density at radius 1 is 1.11 bits per heavy atom. The molecule has 0 atom stereocenters. The summed E-state index contributed by atoms with van der Waals surface area (Å²) < 4.78 is 5.22. The van der Waals surface area contributed by atoms with Gasteiger partial charge in [-0.2, -0.15) is 0 Å². The number of ether oxygens (including phenoxy) is 1. The molecule has 0 aliphatic carbocycles. The monoisotopic (exact) mass is 382 g/mol. The lowest BCUT2D eigenvalue weighted by Crippen LogP contribution is -2.23. The van der Waals surface area contributed by atoms with E-state index < -0.39 is 10.8 Å². The van der Waals surface area contributed by atoms with Crippen molar-refractivity contribution in [3.8, 4) is 5.75 Å². The maximum atomic E-state index is 12.5. The lowest BCUT2D eigenvalue weighted by molar-refractivity contribution is -0.385. The van der Waals surface area contributed by atoms with Crippen molar-refractivity contribution in [2.24, 2.45) is 0 Å². The molecule has 27 heavy (non-hydrogen) atoms. The maximum absolute atomic E-state index is 12.5. The summed E-state index contributed by atoms with van der Waals surface area (Å²) in [5.74, 6) is 0.317. The van der Waals surface area contributed by atoms with E-state index in [1.54, 1.807) is 19.2 Å². The topological polar surface area (TPSA) is 81.5 Å². The van der Waals surface area contributed by atoms with Gasteiger partial charge >= 0.3 is 0 Å². The van der Waals surface area contributed by atoms with E-state index in [1.165, 1.54) is 17.8 Å². The molecule has 3 aromatic rings. The normalized spacial score (nSPS) is 10.6. The van der Waals surface area contributed by atoms with E-state index in [-0.39, 0.29) is 17.8 Å². The van der Waals surface area contributed by atoms with Crippen LogP contribution >= 0.6 is 11.8 Å². The number of carbonyl (C=O) groups is 1. The molecule has 0 radical (unpaired) electrons. The van der Waals surface area contributed by atoms with Gasteiger partial charge in [-0.25, -0.2) is 0 Å². The van der Waals surface area contributed by atoms with E-state index in [1.807, 2.05) is 42.7 Å². The van der Waals surface area contributed by atoms with E-state index >= 15 is 0 Å². The first kappa shape index (κ1) is 18.7. The van der Waals surface area contributed by atoms with Crippen LogP contribution in [0.1, 0.15) is 15.9 Å². The molecule has 0 bridgehead atoms. The van der Waals surface area contributed by atoms with Crippen molar-refractivity contribution in [3.63, 3.8) is 0 Å². The van der Waals surface area contributed by atoms with Gasteiger partial charge in [-0.15, -0.1) is 11.8 Å². The van der Waals surface area contributed by atoms with E-state index in [2.05, 4.69) is 5.32 Å². The Bertz CT molecular complexity index is 1020. The highest BCUT2D eigenvalue weighted by Crippen LogP contribution is 2.25. The van der Waals surface area contributed by atoms with Gasteiger partial charge in [-0.05, 0) is 52.9 Å². The lowest BCUT2D eigenvalue weighted by atomic mass is 10.1. The van der Waals surface area contributed by atoms with Crippen molar-refractivity contribution in [1.82, 2.24) is 5.32 Å². The lowest BCUT2D eigenvalue weighted by Gasteiger charge is -2.09. The average molecular weight is 382 g/mol. The number of nitrogens with zero attached hydrogens (tertiary/aromatic N) is 1. The molecule has 0 heterocycles. The second kappa shape index (κ2) is 8.09. The number of nitrogens with one attached hydrogen (secondary N) is 1. The SMILES string of the molecule is COc1ccc2cc(CNC(=O)c3cc(SC)ccc3[N+](=O)[O-])ccc2c1. The van der Waals surface area contributed by atoms with Crippen LogP contribution in [0.3, 0.4) is 0 Å². The van der Waals surface area contributed by atoms with Crippen molar-refractivity contribution < 1.29 is 14.5 Å². The van der Waals surface area contributed by atoms with E-state index in [0.717, 1.165) is 27.0 Å². The standard InChI is InChI=1S/C20H18N2O4S/c1-26-16-6-5-14-9-13(3-4-15(14)10-16)12-21-20(23)18-11-17(27-2)7-8-19(18)22(24)25/h3-11H,12H2,1-2H3,(H,21,23). The number of hydrogen-bond donors (Lipinski definition) is 1. The summed E-state index contributed by atoms with van der Waals surface area (Å²) in [6.45, 7) is 0.279. The van der Waals surface area contributed by atoms with E-state index in [9.17, 15) is 14.9 Å². The van der Waals surface area contributed by atoms with Crippen LogP contribution in [0.5, 0.6) is 5.75 Å². The first-order valence-electron chi connectivity index (χ1n) is 8.19. The predicted octanol–water partition coefficient (Wildman–Crippen LogP) is 4.41. The van der Waals surface area contributed by atoms with Crippen molar-refractivity contribution in [2.75, 3.05) is 13.4 Å². The van der Waals surface area contributed by atoms with Gasteiger partial charge in [0.15, 0.2) is 0 Å². The molecule has 0 saturated carbocycles. The molecule has 3 aromatic carbocycles. The Labute approximate surface area is 160 Å². The zero-order valence-corrected chi connectivity index (χ0v) is 15.7. The number of rotatable bonds is 6. The summed E-state index contributed by atoms with van der Waals surface area (Å²) in [6, 6.07) is 16.2. The molecule has 0 aromatic heterocycles. The number of carbonyl (C=O) groups excluding carboxylic acids is 1. The molecule has 7 heteroatoms. The van der Waals surface area contributed by atoms with Gasteiger partial charge in [0.2, 0.25) is 0 Å². The summed E-state index contributed by atoms with van der Waals surface area (Å²) in [6.07, 6.45) is 1.85. The molecule has 3 rings (SSSR count). The van der Waals surface area contributed by atoms with Gasteiger partial charge in [-0.3, -0.25) is 14.9 Å². The number of nitro benzene ring substituents is 1. The fourth-order valence-electron chi connectivity index (χ4n) is 2.77. The molecule has 0 unspecified atom stereocenters. The van der Waals surface area contributed by atoms with Crippen molar-refractivity contribution in [3.05, 3.63) is 75.8 Å². The predicted molar refractivity (Wildman–Crippen MR) is 107 cm³/mol. The van der Waals surface area contributed by atoms with Gasteiger partial charge in [-0.1, -0.05) is 18.2 Å². The Balaban J connectivity index is 1.79. The molecule has 0 spiro atoms. The van der Waals surface area contributed by atoms with Crippen LogP contribution in [0, 0.1) is 10.1 Å². The Hall–Kier alpha value is -3.06. The van der Waals surface area contributed by atoms with Gasteiger partial charge < -0.3 is 10.1 Å². The molecule has 1 amide bonds. The van der Waals surface area contributed by atoms with Crippen LogP contribution in [0.15, 0.2) is 59.5 Å². The van der Waals surface area contributed by atoms with Crippen LogP contribution in [0.25, 0.3) is 10.8 Å². The van der Waals surface area contributed by atoms with Crippen LogP contribution in [0.2, 0.25) is 0 Å². The summed E-state index contributed by atoms with van der Waals surface area (Å²) in [5.41, 5.74) is 0.776. The minimum Gasteiger partial charge on any atom is -0.497 e. The number of fused-ring (bicyclic) bond motifs is 1. The highest BCUT2D eigenvalue weighted by atomic mass is 32.2. The molecular formula is C20H18N2O4S. The van der Waals surface area contributed by atoms with E-state index in [4.69, 9.17) is 4.74 Å². The molecule has 138 valence electrons. The van der Waals surface area contributed by atoms with Crippen LogP contribution in [-0.2, 0) is 6.54 Å². The number of amides is 1. The summed E-state index contributed by atoms with van der Waals surface area (Å²) >= 11 is 1.43. The van der Waals surface area contributed by atoms with Gasteiger partial charge in [0, 0.05) is 17.5 Å². The molecule has 1 N–H and O–H groups in total. The highest BCUT2D eigenvalue weighted by molar-refractivity contribution is 7.98. The minimum absolute atomic E-state index is 0.0670. The number of thioether (sulfide) groups is 1. The Morgan fingerprint density at radius 2 is 1.85 bits per heavy atom. The minimum atomic E-state index is -0.539. The third-order valence-electron chi connectivity index (χ3n) is 4.21. The largest absolute Gasteiger partial charge is 0.497 e. The fourth-order valence-corrected chi connectivity index (χ4v) is 3.21. The summed E-state index contributed by atoms with van der Waals surface area (Å²) in [4.78, 5) is 24.0. The van der Waals surface area contributed by atoms with Crippen LogP contribution in [0.4, 0.5) is 5.69 Å². The number of hydrogen-bond acceptors (Lipinski definition) is 5. The fraction of sp³-hybridized carbons (Fsp3) is 0.150. The summed E-state index contributed by atoms with van der Waals surface area (Å²) in [7, 11) is 1.62. The quantitative estimate of drug-likeness (QED) is 0.388. The van der Waals surface area contributed by atoms with Gasteiger partial charge in [0.1, 0.15) is 11.3 Å². The third kappa shape index (κ3) is 4.20. The molecule has 0 aliphatic heterocycles. The van der Waals surface area contributed by atoms with Crippen molar-refractivity contribution in [1.29, 1.82) is 0 Å². The smallest absolute Gasteiger partial charge is 0.282 e. The molecular weight excluding hydrogens is 364 g/mol. The molecule has 0 saturated heterocycles. The number of methoxy groups -OCH3 is 1. The van der Waals surface area contributed by atoms with Crippen molar-refractivity contribution >= 4 is 34.1 Å².